The van der Waals surface area contributed by atoms with Gasteiger partial charge in [-0.1, -0.05) is 20.9 Å². The second-order valence-electron chi connectivity index (χ2n) is 24.8. The van der Waals surface area contributed by atoms with Crippen molar-refractivity contribution in [3.63, 3.8) is 0 Å². The van der Waals surface area contributed by atoms with E-state index < -0.39 is 0 Å². The van der Waals surface area contributed by atoms with Crippen molar-refractivity contribution in [2.75, 3.05) is 77.5 Å². The summed E-state index contributed by atoms with van der Waals surface area (Å²) in [6.45, 7) is 7.40. The molecule has 0 radical (unpaired) electrons. The van der Waals surface area contributed by atoms with Gasteiger partial charge >= 0.3 is 0 Å². The Labute approximate surface area is 632 Å². The number of aromatic nitrogens is 13. The topological polar surface area (TPSA) is 258 Å². The van der Waals surface area contributed by atoms with Crippen molar-refractivity contribution in [2.45, 2.75) is 66.7 Å². The minimum atomic E-state index is 0. The molecule has 0 aliphatic carbocycles. The summed E-state index contributed by atoms with van der Waals surface area (Å²) < 4.78 is 37.5. The fourth-order valence-corrected chi connectivity index (χ4v) is 12.8. The smallest absolute Gasteiger partial charge is 0.124 e. The predicted molar refractivity (Wildman–Crippen MR) is 429 cm³/mol. The summed E-state index contributed by atoms with van der Waals surface area (Å²) in [5.41, 5.74) is 22.7. The van der Waals surface area contributed by atoms with E-state index in [1.54, 1.807) is 115 Å². The first-order valence-electron chi connectivity index (χ1n) is 33.9. The Balaban J connectivity index is 0.000000170. The number of nitrogens with two attached hydrogens (primary N) is 1. The maximum Gasteiger partial charge on any atom is 0.124 e. The SMILES string of the molecule is C.C.CN=CC(=CN)c1cnc2ccc(N(CCN3[C@@H](C)CC[C@@H]3C)c3cc(OC)cc(OC)c3)cc2n1.COc1cc(OC)cc(N(Cc2cccc(Br)n2)c2ccc3ncc(-c4cnn(C)c4)nc3c2)c1.COc1cc(OC)cc(N(Cc2cnccn2)c2ccc3ncc(-c4cnn(C)c4)nc3c2)c1. The van der Waals surface area contributed by atoms with Gasteiger partial charge in [0.15, 0.2) is 0 Å². The number of fused-ring (bicyclic) bond motifs is 3. The number of hydrogen-bond donors (Lipinski definition) is 1. The molecule has 25 nitrogen and oxygen atoms in total. The van der Waals surface area contributed by atoms with Crippen molar-refractivity contribution in [3.05, 3.63) is 217 Å². The highest BCUT2D eigenvalue weighted by Crippen LogP contribution is 2.39. The lowest BCUT2D eigenvalue weighted by molar-refractivity contribution is 0.220. The first-order valence-corrected chi connectivity index (χ1v) is 34.7. The van der Waals surface area contributed by atoms with Gasteiger partial charge in [-0.25, -0.2) is 19.9 Å². The van der Waals surface area contributed by atoms with Gasteiger partial charge in [0.25, 0.3) is 0 Å². The molecule has 7 aromatic heterocycles. The second-order valence-corrected chi connectivity index (χ2v) is 25.6. The van der Waals surface area contributed by atoms with E-state index in [1.165, 1.54) is 19.0 Å². The van der Waals surface area contributed by atoms with Crippen molar-refractivity contribution in [3.8, 4) is 57.0 Å². The van der Waals surface area contributed by atoms with Crippen LogP contribution in [0.3, 0.4) is 0 Å². The normalized spacial score (nSPS) is 13.4. The molecule has 552 valence electrons. The van der Waals surface area contributed by atoms with E-state index in [4.69, 9.17) is 49.1 Å². The van der Waals surface area contributed by atoms with Gasteiger partial charge in [-0.2, -0.15) is 10.2 Å². The minimum absolute atomic E-state index is 0. The van der Waals surface area contributed by atoms with E-state index in [0.29, 0.717) is 53.9 Å². The van der Waals surface area contributed by atoms with Crippen LogP contribution in [0.25, 0.3) is 61.2 Å². The summed E-state index contributed by atoms with van der Waals surface area (Å²) >= 11 is 3.48. The molecule has 14 rings (SSSR count). The van der Waals surface area contributed by atoms with Crippen LogP contribution in [0.2, 0.25) is 0 Å². The highest BCUT2D eigenvalue weighted by molar-refractivity contribution is 9.10. The molecule has 2 N–H and O–H groups in total. The molecule has 8 heterocycles. The largest absolute Gasteiger partial charge is 0.497 e. The third kappa shape index (κ3) is 18.9. The molecule has 0 bridgehead atoms. The predicted octanol–water partition coefficient (Wildman–Crippen LogP) is 15.6. The standard InChI is InChI=1S/C28H36N6O2.C26H23BrN6O2.C25H23N7O2.2CH4/c1-19-6-7-20(2)33(19)10-11-34(23-12-24(35-4)15-25(13-23)36-5)22-8-9-26-27(14-22)32-28(18-31-26)21(16-29)17-30-3;1-32-15-17(13-29-32)25-14-28-23-8-7-19(11-24(23)31-25)33(16-18-5-4-6-26(27)30-18)20-9-21(34-2)12-22(10-20)35-3;1-31-15-17(12-29-31)25-14-28-23-5-4-19(10-24(23)30-25)32(16-18-13-26-6-7-27-18)20-8-21(33-2)11-22(9-20)34-3;;/h8-9,12-20H,6-7,10-11,29H2,1-5H3;4-15H,16H2,1-3H3;4-15H,16H2,1-3H3;2*1H4/t19-,20-;;;;/m0..../s1. The van der Waals surface area contributed by atoms with E-state index in [2.05, 4.69) is 107 Å². The van der Waals surface area contributed by atoms with E-state index in [9.17, 15) is 0 Å². The van der Waals surface area contributed by atoms with E-state index in [1.807, 2.05) is 142 Å². The Morgan fingerprint density at radius 3 is 1.35 bits per heavy atom. The Morgan fingerprint density at radius 1 is 0.495 bits per heavy atom. The summed E-state index contributed by atoms with van der Waals surface area (Å²) in [5, 5.41) is 8.49. The quantitative estimate of drug-likeness (QED) is 0.0461. The average molecular weight is 1510 g/mol. The number of nitrogens with zero attached hydrogens (tertiary/aromatic N) is 18. The van der Waals surface area contributed by atoms with E-state index >= 15 is 0 Å². The zero-order valence-corrected chi connectivity index (χ0v) is 62.0. The van der Waals surface area contributed by atoms with Crippen LogP contribution in [0, 0.1) is 0 Å². The highest BCUT2D eigenvalue weighted by atomic mass is 79.9. The first-order chi connectivity index (χ1) is 51.1. The fourth-order valence-electron chi connectivity index (χ4n) is 12.5. The molecular weight excluding hydrogens is 1410 g/mol. The number of pyridine rings is 1. The van der Waals surface area contributed by atoms with Crippen molar-refractivity contribution in [1.29, 1.82) is 0 Å². The number of aliphatic imine (C=N–C) groups is 1. The molecule has 6 aromatic carbocycles. The summed E-state index contributed by atoms with van der Waals surface area (Å²) in [6.07, 6.45) is 23.4. The number of halogens is 1. The van der Waals surface area contributed by atoms with E-state index in [-0.39, 0.29) is 14.9 Å². The number of anilines is 6. The molecule has 0 saturated carbocycles. The van der Waals surface area contributed by atoms with Crippen molar-refractivity contribution in [1.82, 2.24) is 69.3 Å². The number of rotatable bonds is 23. The molecule has 13 aromatic rings. The number of aryl methyl sites for hydroxylation is 2. The summed E-state index contributed by atoms with van der Waals surface area (Å²) in [6, 6.07) is 42.8. The van der Waals surface area contributed by atoms with Crippen LogP contribution in [-0.2, 0) is 27.2 Å². The lowest BCUT2D eigenvalue weighted by atomic mass is 10.1. The number of allylic oxidation sites excluding steroid dienone is 1. The van der Waals surface area contributed by atoms with Crippen molar-refractivity contribution in [2.24, 2.45) is 24.8 Å². The Hall–Kier alpha value is -12.2. The molecular formula is C81H90BrN19O6. The Morgan fingerprint density at radius 2 is 0.935 bits per heavy atom. The zero-order valence-electron chi connectivity index (χ0n) is 60.4. The van der Waals surface area contributed by atoms with Gasteiger partial charge in [0.05, 0.1) is 154 Å². The van der Waals surface area contributed by atoms with Crippen LogP contribution in [-0.4, -0.2) is 150 Å². The number of ether oxygens (including phenoxy) is 6. The number of methoxy groups -OCH3 is 6. The van der Waals surface area contributed by atoms with Crippen LogP contribution in [0.15, 0.2) is 205 Å². The van der Waals surface area contributed by atoms with Gasteiger partial charge in [0, 0.05) is 189 Å². The van der Waals surface area contributed by atoms with E-state index in [0.717, 1.165) is 136 Å². The maximum atomic E-state index is 5.81. The Bertz CT molecular complexity index is 5140. The molecule has 0 spiro atoms. The molecule has 2 atom stereocenters. The highest BCUT2D eigenvalue weighted by Gasteiger charge is 2.28. The van der Waals surface area contributed by atoms with Gasteiger partial charge in [-0.05, 0) is 109 Å². The summed E-state index contributed by atoms with van der Waals surface area (Å²) in [4.78, 5) is 54.9. The van der Waals surface area contributed by atoms with Crippen LogP contribution in [0.5, 0.6) is 34.5 Å². The molecule has 1 aliphatic heterocycles. The third-order valence-electron chi connectivity index (χ3n) is 17.9. The lowest BCUT2D eigenvalue weighted by Gasteiger charge is -2.31. The van der Waals surface area contributed by atoms with Gasteiger partial charge in [0.2, 0.25) is 0 Å². The molecule has 0 unspecified atom stereocenters. The van der Waals surface area contributed by atoms with Crippen LogP contribution >= 0.6 is 15.9 Å². The summed E-state index contributed by atoms with van der Waals surface area (Å²) in [5.74, 6) is 4.28. The molecule has 26 heteroatoms. The Kier molecular flexibility index (Phi) is 26.1. The second kappa shape index (κ2) is 36.0. The zero-order chi connectivity index (χ0) is 73.5. The minimum Gasteiger partial charge on any atom is -0.497 e. The molecule has 1 saturated heterocycles. The van der Waals surface area contributed by atoms with Gasteiger partial charge in [0.1, 0.15) is 39.1 Å². The first kappa shape index (κ1) is 77.5. The average Bonchev–Trinajstić information content (AvgIpc) is 1.12. The van der Waals surface area contributed by atoms with Crippen LogP contribution in [0.4, 0.5) is 34.1 Å². The number of hydrogen-bond acceptors (Lipinski definition) is 23. The van der Waals surface area contributed by atoms with Gasteiger partial charge in [-0.15, -0.1) is 0 Å². The lowest BCUT2D eigenvalue weighted by Crippen LogP contribution is -2.38. The molecule has 107 heavy (non-hydrogen) atoms. The molecule has 1 aliphatic rings. The third-order valence-corrected chi connectivity index (χ3v) is 18.4. The summed E-state index contributed by atoms with van der Waals surface area (Å²) in [7, 11) is 15.4. The van der Waals surface area contributed by atoms with Crippen LogP contribution in [0.1, 0.15) is 58.6 Å². The van der Waals surface area contributed by atoms with Gasteiger partial charge < -0.3 is 48.9 Å². The van der Waals surface area contributed by atoms with Crippen molar-refractivity contribution >= 4 is 94.9 Å². The molecule has 0 amide bonds. The van der Waals surface area contributed by atoms with Crippen molar-refractivity contribution < 1.29 is 28.4 Å². The fraction of sp³-hybridized carbons (Fsp3) is 0.259. The van der Waals surface area contributed by atoms with Crippen LogP contribution < -0.4 is 48.9 Å². The number of benzene rings is 6. The molecule has 1 fully saturated rings. The van der Waals surface area contributed by atoms with Gasteiger partial charge in [-0.3, -0.25) is 44.2 Å². The number of likely N-dealkylation sites (tertiary alicyclic amines) is 1. The monoisotopic (exact) mass is 1500 g/mol. The maximum absolute atomic E-state index is 5.81.